The number of hydrogen-bond acceptors (Lipinski definition) is 2. The summed E-state index contributed by atoms with van der Waals surface area (Å²) < 4.78 is 5.50. The zero-order chi connectivity index (χ0) is 13.8. The van der Waals surface area contributed by atoms with Gasteiger partial charge in [0.2, 0.25) is 0 Å². The molecule has 0 aliphatic carbocycles. The predicted molar refractivity (Wildman–Crippen MR) is 79.5 cm³/mol. The van der Waals surface area contributed by atoms with Crippen molar-refractivity contribution in [3.63, 3.8) is 0 Å². The standard InChI is InChI=1S/C17H18N2O/c1-2-5-13-12-19-17(14-6-3-8-18-11-14)16(13)10-15-7-4-9-20-15/h3-4,6-9,11-12,19H,2,5,10H2,1H3. The number of nitrogens with one attached hydrogen (secondary N) is 1. The van der Waals surface area contributed by atoms with E-state index in [1.165, 1.54) is 11.1 Å². The molecule has 0 aliphatic heterocycles. The van der Waals surface area contributed by atoms with Crippen molar-refractivity contribution in [2.75, 3.05) is 0 Å². The molecule has 3 rings (SSSR count). The highest BCUT2D eigenvalue weighted by Crippen LogP contribution is 2.28. The Kier molecular flexibility index (Phi) is 3.68. The molecule has 0 saturated carbocycles. The number of H-pyrrole nitrogens is 1. The fourth-order valence-electron chi connectivity index (χ4n) is 2.54. The molecule has 20 heavy (non-hydrogen) atoms. The Morgan fingerprint density at radius 2 is 2.20 bits per heavy atom. The molecule has 0 bridgehead atoms. The van der Waals surface area contributed by atoms with E-state index in [0.29, 0.717) is 0 Å². The number of hydrogen-bond donors (Lipinski definition) is 1. The van der Waals surface area contributed by atoms with E-state index in [0.717, 1.165) is 36.3 Å². The lowest BCUT2D eigenvalue weighted by Crippen LogP contribution is -1.93. The van der Waals surface area contributed by atoms with Crippen LogP contribution in [0.4, 0.5) is 0 Å². The number of nitrogens with zero attached hydrogens (tertiary/aromatic N) is 1. The van der Waals surface area contributed by atoms with Crippen LogP contribution < -0.4 is 0 Å². The molecule has 3 heteroatoms. The zero-order valence-corrected chi connectivity index (χ0v) is 11.6. The summed E-state index contributed by atoms with van der Waals surface area (Å²) in [5, 5.41) is 0. The molecular weight excluding hydrogens is 248 g/mol. The lowest BCUT2D eigenvalue weighted by molar-refractivity contribution is 0.520. The van der Waals surface area contributed by atoms with E-state index in [4.69, 9.17) is 4.42 Å². The van der Waals surface area contributed by atoms with Crippen molar-refractivity contribution in [1.82, 2.24) is 9.97 Å². The maximum atomic E-state index is 5.50. The summed E-state index contributed by atoms with van der Waals surface area (Å²) in [4.78, 5) is 7.62. The Bertz CT molecular complexity index is 654. The molecule has 0 saturated heterocycles. The van der Waals surface area contributed by atoms with Crippen molar-refractivity contribution in [1.29, 1.82) is 0 Å². The molecule has 0 atom stereocenters. The van der Waals surface area contributed by atoms with E-state index >= 15 is 0 Å². The van der Waals surface area contributed by atoms with Gasteiger partial charge in [-0.1, -0.05) is 13.3 Å². The van der Waals surface area contributed by atoms with Crippen molar-refractivity contribution in [2.24, 2.45) is 0 Å². The lowest BCUT2D eigenvalue weighted by atomic mass is 9.99. The van der Waals surface area contributed by atoms with Crippen LogP contribution in [0.1, 0.15) is 30.2 Å². The molecular formula is C17H18N2O. The number of aryl methyl sites for hydroxylation is 1. The molecule has 1 N–H and O–H groups in total. The molecule has 3 aromatic heterocycles. The topological polar surface area (TPSA) is 41.8 Å². The second-order valence-corrected chi connectivity index (χ2v) is 4.92. The summed E-state index contributed by atoms with van der Waals surface area (Å²) in [6.45, 7) is 2.20. The molecule has 3 aromatic rings. The van der Waals surface area contributed by atoms with Gasteiger partial charge in [-0.05, 0) is 41.8 Å². The van der Waals surface area contributed by atoms with E-state index in [-0.39, 0.29) is 0 Å². The van der Waals surface area contributed by atoms with Crippen LogP contribution in [-0.2, 0) is 12.8 Å². The first-order valence-electron chi connectivity index (χ1n) is 7.00. The van der Waals surface area contributed by atoms with E-state index < -0.39 is 0 Å². The van der Waals surface area contributed by atoms with Gasteiger partial charge in [-0.2, -0.15) is 0 Å². The largest absolute Gasteiger partial charge is 0.469 e. The third kappa shape index (κ3) is 2.52. The molecule has 0 aromatic carbocycles. The van der Waals surface area contributed by atoms with Crippen LogP contribution in [0.2, 0.25) is 0 Å². The van der Waals surface area contributed by atoms with Crippen LogP contribution in [0.3, 0.4) is 0 Å². The number of rotatable bonds is 5. The average Bonchev–Trinajstić information content (AvgIpc) is 3.12. The minimum atomic E-state index is 0.816. The molecule has 3 nitrogen and oxygen atoms in total. The SMILES string of the molecule is CCCc1c[nH]c(-c2cccnc2)c1Cc1ccco1. The first-order valence-corrected chi connectivity index (χ1v) is 7.00. The third-order valence-electron chi connectivity index (χ3n) is 3.48. The maximum Gasteiger partial charge on any atom is 0.108 e. The van der Waals surface area contributed by atoms with Gasteiger partial charge in [0.05, 0.1) is 12.0 Å². The molecule has 0 radical (unpaired) electrons. The van der Waals surface area contributed by atoms with Gasteiger partial charge in [0.25, 0.3) is 0 Å². The second-order valence-electron chi connectivity index (χ2n) is 4.92. The van der Waals surface area contributed by atoms with Gasteiger partial charge in [0.1, 0.15) is 5.76 Å². The van der Waals surface area contributed by atoms with Gasteiger partial charge in [-0.25, -0.2) is 0 Å². The summed E-state index contributed by atoms with van der Waals surface area (Å²) in [6.07, 6.45) is 10.6. The lowest BCUT2D eigenvalue weighted by Gasteiger charge is -2.06. The van der Waals surface area contributed by atoms with E-state index in [1.807, 2.05) is 24.4 Å². The number of pyridine rings is 1. The van der Waals surface area contributed by atoms with Gasteiger partial charge in [-0.15, -0.1) is 0 Å². The monoisotopic (exact) mass is 266 g/mol. The van der Waals surface area contributed by atoms with E-state index in [1.54, 1.807) is 12.5 Å². The minimum absolute atomic E-state index is 0.816. The maximum absolute atomic E-state index is 5.50. The highest BCUT2D eigenvalue weighted by molar-refractivity contribution is 5.65. The molecule has 0 aliphatic rings. The number of aromatic nitrogens is 2. The van der Waals surface area contributed by atoms with Crippen molar-refractivity contribution >= 4 is 0 Å². The normalized spacial score (nSPS) is 10.8. The van der Waals surface area contributed by atoms with E-state index in [9.17, 15) is 0 Å². The van der Waals surface area contributed by atoms with E-state index in [2.05, 4.69) is 29.2 Å². The number of aromatic amines is 1. The van der Waals surface area contributed by atoms with Crippen LogP contribution in [-0.4, -0.2) is 9.97 Å². The van der Waals surface area contributed by atoms with Gasteiger partial charge in [-0.3, -0.25) is 4.98 Å². The summed E-state index contributed by atoms with van der Waals surface area (Å²) in [5.41, 5.74) is 4.95. The van der Waals surface area contributed by atoms with Crippen LogP contribution in [0.5, 0.6) is 0 Å². The highest BCUT2D eigenvalue weighted by Gasteiger charge is 2.14. The van der Waals surface area contributed by atoms with Crippen LogP contribution in [0, 0.1) is 0 Å². The molecule has 0 fully saturated rings. The van der Waals surface area contributed by atoms with Crippen molar-refractivity contribution in [2.45, 2.75) is 26.2 Å². The predicted octanol–water partition coefficient (Wildman–Crippen LogP) is 4.21. The van der Waals surface area contributed by atoms with Gasteiger partial charge < -0.3 is 9.40 Å². The fourth-order valence-corrected chi connectivity index (χ4v) is 2.54. The van der Waals surface area contributed by atoms with Gasteiger partial charge in [0.15, 0.2) is 0 Å². The van der Waals surface area contributed by atoms with Crippen LogP contribution in [0.25, 0.3) is 11.3 Å². The van der Waals surface area contributed by atoms with Crippen LogP contribution >= 0.6 is 0 Å². The van der Waals surface area contributed by atoms with Crippen LogP contribution in [0.15, 0.2) is 53.5 Å². The van der Waals surface area contributed by atoms with Gasteiger partial charge in [0, 0.05) is 30.6 Å². The zero-order valence-electron chi connectivity index (χ0n) is 11.6. The van der Waals surface area contributed by atoms with Gasteiger partial charge >= 0.3 is 0 Å². The smallest absolute Gasteiger partial charge is 0.108 e. The second kappa shape index (κ2) is 5.78. The Balaban J connectivity index is 2.01. The Morgan fingerprint density at radius 1 is 1.25 bits per heavy atom. The Hall–Kier alpha value is -2.29. The van der Waals surface area contributed by atoms with Crippen molar-refractivity contribution < 1.29 is 4.42 Å². The first-order chi connectivity index (χ1) is 9.88. The average molecular weight is 266 g/mol. The summed E-state index contributed by atoms with van der Waals surface area (Å²) in [5.74, 6) is 0.993. The fraction of sp³-hybridized carbons (Fsp3) is 0.235. The highest BCUT2D eigenvalue weighted by atomic mass is 16.3. The first kappa shape index (κ1) is 12.7. The molecule has 102 valence electrons. The molecule has 0 unspecified atom stereocenters. The summed E-state index contributed by atoms with van der Waals surface area (Å²) in [6, 6.07) is 8.01. The van der Waals surface area contributed by atoms with Crippen molar-refractivity contribution in [3.05, 3.63) is 66.0 Å². The molecule has 3 heterocycles. The Labute approximate surface area is 118 Å². The summed E-state index contributed by atoms with van der Waals surface area (Å²) >= 11 is 0. The van der Waals surface area contributed by atoms with Crippen molar-refractivity contribution in [3.8, 4) is 11.3 Å². The quantitative estimate of drug-likeness (QED) is 0.751. The minimum Gasteiger partial charge on any atom is -0.469 e. The third-order valence-corrected chi connectivity index (χ3v) is 3.48. The molecule has 0 spiro atoms. The summed E-state index contributed by atoms with van der Waals surface area (Å²) in [7, 11) is 0. The molecule has 0 amide bonds. The Morgan fingerprint density at radius 3 is 2.90 bits per heavy atom. The number of furan rings is 1.